The molecule has 1 aromatic carbocycles. The predicted molar refractivity (Wildman–Crippen MR) is 74.5 cm³/mol. The molecule has 0 unspecified atom stereocenters. The summed E-state index contributed by atoms with van der Waals surface area (Å²) in [5, 5.41) is 7.56. The zero-order valence-electron chi connectivity index (χ0n) is 9.55. The quantitative estimate of drug-likeness (QED) is 0.808. The number of benzene rings is 1. The van der Waals surface area contributed by atoms with Gasteiger partial charge in [-0.15, -0.1) is 5.10 Å². The van der Waals surface area contributed by atoms with Gasteiger partial charge in [-0.05, 0) is 33.6 Å². The van der Waals surface area contributed by atoms with Crippen LogP contribution in [0.4, 0.5) is 5.95 Å². The topological polar surface area (TPSA) is 42.2 Å². The summed E-state index contributed by atoms with van der Waals surface area (Å²) in [5.74, 6) is 0.636. The normalized spacial score (nSPS) is 10.7. The number of fused-ring (bicyclic) bond motifs is 1. The van der Waals surface area contributed by atoms with Gasteiger partial charge in [0.25, 0.3) is 0 Å². The van der Waals surface area contributed by atoms with Crippen molar-refractivity contribution >= 4 is 27.5 Å². The van der Waals surface area contributed by atoms with Crippen molar-refractivity contribution in [3.05, 3.63) is 58.7 Å². The van der Waals surface area contributed by atoms with E-state index in [1.807, 2.05) is 36.5 Å². The molecule has 0 fully saturated rings. The molecule has 0 saturated carbocycles. The zero-order chi connectivity index (χ0) is 12.4. The van der Waals surface area contributed by atoms with Crippen LogP contribution in [-0.4, -0.2) is 14.6 Å². The van der Waals surface area contributed by atoms with Gasteiger partial charge in [-0.1, -0.05) is 30.3 Å². The number of pyridine rings is 1. The van der Waals surface area contributed by atoms with E-state index in [9.17, 15) is 0 Å². The summed E-state index contributed by atoms with van der Waals surface area (Å²) in [6.07, 6.45) is 1.88. The number of nitrogens with one attached hydrogen (secondary N) is 1. The first-order valence-corrected chi connectivity index (χ1v) is 6.40. The molecule has 2 heterocycles. The van der Waals surface area contributed by atoms with E-state index < -0.39 is 0 Å². The van der Waals surface area contributed by atoms with Crippen molar-refractivity contribution in [1.82, 2.24) is 14.6 Å². The molecule has 0 radical (unpaired) electrons. The third-order valence-electron chi connectivity index (χ3n) is 2.59. The summed E-state index contributed by atoms with van der Waals surface area (Å²) >= 11 is 3.41. The van der Waals surface area contributed by atoms with Crippen LogP contribution >= 0.6 is 15.9 Å². The van der Waals surface area contributed by atoms with Crippen molar-refractivity contribution in [2.24, 2.45) is 0 Å². The minimum atomic E-state index is 0.636. The third kappa shape index (κ3) is 2.36. The van der Waals surface area contributed by atoms with Crippen molar-refractivity contribution in [2.75, 3.05) is 5.32 Å². The molecule has 4 nitrogen and oxygen atoms in total. The van der Waals surface area contributed by atoms with Gasteiger partial charge in [0.2, 0.25) is 5.95 Å². The maximum Gasteiger partial charge on any atom is 0.243 e. The lowest BCUT2D eigenvalue weighted by atomic mass is 10.2. The van der Waals surface area contributed by atoms with Gasteiger partial charge in [-0.3, -0.25) is 0 Å². The highest BCUT2D eigenvalue weighted by Gasteiger charge is 2.02. The van der Waals surface area contributed by atoms with Gasteiger partial charge in [-0.25, -0.2) is 4.52 Å². The Labute approximate surface area is 113 Å². The summed E-state index contributed by atoms with van der Waals surface area (Å²) in [6, 6.07) is 14.1. The number of rotatable bonds is 3. The number of anilines is 1. The monoisotopic (exact) mass is 302 g/mol. The third-order valence-corrected chi connectivity index (χ3v) is 3.06. The molecule has 0 aliphatic carbocycles. The lowest BCUT2D eigenvalue weighted by molar-refractivity contribution is 0.946. The number of nitrogens with zero attached hydrogens (tertiary/aromatic N) is 3. The smallest absolute Gasteiger partial charge is 0.243 e. The molecule has 0 amide bonds. The van der Waals surface area contributed by atoms with Crippen LogP contribution in [0.25, 0.3) is 5.65 Å². The van der Waals surface area contributed by atoms with Crippen molar-refractivity contribution in [2.45, 2.75) is 6.54 Å². The Morgan fingerprint density at radius 2 is 1.94 bits per heavy atom. The summed E-state index contributed by atoms with van der Waals surface area (Å²) in [4.78, 5) is 4.39. The molecule has 0 saturated heterocycles. The van der Waals surface area contributed by atoms with E-state index in [0.29, 0.717) is 5.95 Å². The molecule has 3 rings (SSSR count). The van der Waals surface area contributed by atoms with Crippen LogP contribution in [0.15, 0.2) is 53.1 Å². The van der Waals surface area contributed by atoms with E-state index in [1.165, 1.54) is 5.56 Å². The second-order valence-electron chi connectivity index (χ2n) is 3.92. The molecule has 0 bridgehead atoms. The molecule has 5 heteroatoms. The van der Waals surface area contributed by atoms with E-state index in [4.69, 9.17) is 0 Å². The second-order valence-corrected chi connectivity index (χ2v) is 4.84. The lowest BCUT2D eigenvalue weighted by Gasteiger charge is -2.00. The van der Waals surface area contributed by atoms with Gasteiger partial charge in [0.15, 0.2) is 5.65 Å². The average Bonchev–Trinajstić information content (AvgIpc) is 2.79. The van der Waals surface area contributed by atoms with Crippen LogP contribution in [0.2, 0.25) is 0 Å². The van der Waals surface area contributed by atoms with Crippen LogP contribution in [0.3, 0.4) is 0 Å². The molecular weight excluding hydrogens is 292 g/mol. The fourth-order valence-corrected chi connectivity index (χ4v) is 2.04. The number of hydrogen-bond acceptors (Lipinski definition) is 3. The molecule has 0 aliphatic rings. The summed E-state index contributed by atoms with van der Waals surface area (Å²) in [6.45, 7) is 0.721. The molecule has 90 valence electrons. The Kier molecular flexibility index (Phi) is 2.98. The second kappa shape index (κ2) is 4.78. The Balaban J connectivity index is 1.79. The summed E-state index contributed by atoms with van der Waals surface area (Å²) < 4.78 is 2.73. The first-order valence-electron chi connectivity index (χ1n) is 5.61. The van der Waals surface area contributed by atoms with Gasteiger partial charge in [0.1, 0.15) is 0 Å². The van der Waals surface area contributed by atoms with E-state index >= 15 is 0 Å². The van der Waals surface area contributed by atoms with E-state index in [1.54, 1.807) is 4.52 Å². The van der Waals surface area contributed by atoms with Crippen LogP contribution < -0.4 is 5.32 Å². The highest BCUT2D eigenvalue weighted by molar-refractivity contribution is 9.10. The van der Waals surface area contributed by atoms with Crippen molar-refractivity contribution in [3.63, 3.8) is 0 Å². The molecule has 1 N–H and O–H groups in total. The first kappa shape index (κ1) is 11.2. The molecule has 0 aliphatic heterocycles. The fourth-order valence-electron chi connectivity index (χ4n) is 1.71. The standard InChI is InChI=1S/C13H11BrN4/c14-11-6-7-12-16-13(17-18(12)9-11)15-8-10-4-2-1-3-5-10/h1-7,9H,8H2,(H,15,17). The Morgan fingerprint density at radius 3 is 2.78 bits per heavy atom. The minimum Gasteiger partial charge on any atom is -0.349 e. The highest BCUT2D eigenvalue weighted by Crippen LogP contribution is 2.12. The number of halogens is 1. The first-order chi connectivity index (χ1) is 8.81. The Morgan fingerprint density at radius 1 is 1.11 bits per heavy atom. The molecule has 3 aromatic rings. The van der Waals surface area contributed by atoms with Gasteiger partial charge in [0, 0.05) is 17.2 Å². The van der Waals surface area contributed by atoms with E-state index in [-0.39, 0.29) is 0 Å². The van der Waals surface area contributed by atoms with Crippen LogP contribution in [0.1, 0.15) is 5.56 Å². The van der Waals surface area contributed by atoms with Crippen LogP contribution in [0, 0.1) is 0 Å². The fraction of sp³-hybridized carbons (Fsp3) is 0.0769. The van der Waals surface area contributed by atoms with E-state index in [0.717, 1.165) is 16.7 Å². The highest BCUT2D eigenvalue weighted by atomic mass is 79.9. The van der Waals surface area contributed by atoms with Crippen LogP contribution in [-0.2, 0) is 6.54 Å². The molecule has 0 spiro atoms. The lowest BCUT2D eigenvalue weighted by Crippen LogP contribution is -2.00. The Hall–Kier alpha value is -1.88. The van der Waals surface area contributed by atoms with Crippen LogP contribution in [0.5, 0.6) is 0 Å². The Bertz CT molecular complexity index is 663. The number of hydrogen-bond donors (Lipinski definition) is 1. The van der Waals surface area contributed by atoms with E-state index in [2.05, 4.69) is 43.5 Å². The molecule has 0 atom stereocenters. The largest absolute Gasteiger partial charge is 0.349 e. The van der Waals surface area contributed by atoms with Crippen molar-refractivity contribution in [1.29, 1.82) is 0 Å². The SMILES string of the molecule is Brc1ccc2nc(NCc3ccccc3)nn2c1. The molecule has 18 heavy (non-hydrogen) atoms. The maximum atomic E-state index is 4.39. The summed E-state index contributed by atoms with van der Waals surface area (Å²) in [7, 11) is 0. The molecular formula is C13H11BrN4. The predicted octanol–water partition coefficient (Wildman–Crippen LogP) is 3.10. The molecule has 2 aromatic heterocycles. The van der Waals surface area contributed by atoms with Gasteiger partial charge in [-0.2, -0.15) is 4.98 Å². The van der Waals surface area contributed by atoms with Gasteiger partial charge < -0.3 is 5.32 Å². The maximum absolute atomic E-state index is 4.39. The average molecular weight is 303 g/mol. The minimum absolute atomic E-state index is 0.636. The van der Waals surface area contributed by atoms with Crippen molar-refractivity contribution in [3.8, 4) is 0 Å². The number of aromatic nitrogens is 3. The van der Waals surface area contributed by atoms with Gasteiger partial charge in [0.05, 0.1) is 0 Å². The zero-order valence-corrected chi connectivity index (χ0v) is 11.1. The summed E-state index contributed by atoms with van der Waals surface area (Å²) in [5.41, 5.74) is 2.03. The van der Waals surface area contributed by atoms with Gasteiger partial charge >= 0.3 is 0 Å². The van der Waals surface area contributed by atoms with Crippen molar-refractivity contribution < 1.29 is 0 Å².